The van der Waals surface area contributed by atoms with Gasteiger partial charge in [0.1, 0.15) is 0 Å². The summed E-state index contributed by atoms with van der Waals surface area (Å²) < 4.78 is 14.0. The van der Waals surface area contributed by atoms with Crippen molar-refractivity contribution in [3.05, 3.63) is 23.6 Å². The lowest BCUT2D eigenvalue weighted by Gasteiger charge is -2.22. The van der Waals surface area contributed by atoms with Crippen LogP contribution in [0.3, 0.4) is 0 Å². The largest absolute Gasteiger partial charge is 0.353 e. The van der Waals surface area contributed by atoms with Crippen LogP contribution in [-0.2, 0) is 5.88 Å². The molecule has 1 aromatic heterocycles. The van der Waals surface area contributed by atoms with Gasteiger partial charge in [-0.3, -0.25) is 0 Å². The van der Waals surface area contributed by atoms with Crippen molar-refractivity contribution < 1.29 is 4.39 Å². The Bertz CT molecular complexity index is 354. The van der Waals surface area contributed by atoms with Gasteiger partial charge in [0.25, 0.3) is 0 Å². The topological polar surface area (TPSA) is 16.1 Å². The van der Waals surface area contributed by atoms with Gasteiger partial charge in [0.15, 0.2) is 11.6 Å². The van der Waals surface area contributed by atoms with E-state index in [0.29, 0.717) is 11.4 Å². The lowest BCUT2D eigenvalue weighted by atomic mass is 10.2. The predicted octanol–water partition coefficient (Wildman–Crippen LogP) is 2.90. The van der Waals surface area contributed by atoms with Crippen molar-refractivity contribution in [2.45, 2.75) is 12.3 Å². The Kier molecular flexibility index (Phi) is 4.29. The molecule has 0 aliphatic carbocycles. The molecule has 5 heteroatoms. The van der Waals surface area contributed by atoms with Crippen LogP contribution in [0.4, 0.5) is 10.2 Å². The molecular formula is C11H14ClFN2S. The summed E-state index contributed by atoms with van der Waals surface area (Å²) >= 11 is 7.60. The Labute approximate surface area is 104 Å². The zero-order valence-corrected chi connectivity index (χ0v) is 10.5. The molecule has 1 fully saturated rings. The number of pyridine rings is 1. The molecule has 0 aromatic carbocycles. The van der Waals surface area contributed by atoms with Crippen molar-refractivity contribution in [1.29, 1.82) is 0 Å². The molecule has 2 rings (SSSR count). The van der Waals surface area contributed by atoms with Crippen LogP contribution in [-0.4, -0.2) is 29.6 Å². The highest BCUT2D eigenvalue weighted by atomic mass is 35.5. The highest BCUT2D eigenvalue weighted by molar-refractivity contribution is 7.99. The van der Waals surface area contributed by atoms with E-state index in [1.54, 1.807) is 12.3 Å². The highest BCUT2D eigenvalue weighted by Gasteiger charge is 2.17. The van der Waals surface area contributed by atoms with Crippen LogP contribution >= 0.6 is 23.4 Å². The van der Waals surface area contributed by atoms with Crippen molar-refractivity contribution in [1.82, 2.24) is 4.98 Å². The summed E-state index contributed by atoms with van der Waals surface area (Å²) in [7, 11) is 0. The second kappa shape index (κ2) is 5.73. The summed E-state index contributed by atoms with van der Waals surface area (Å²) in [5.74, 6) is 2.58. The number of anilines is 1. The highest BCUT2D eigenvalue weighted by Crippen LogP contribution is 2.23. The zero-order valence-electron chi connectivity index (χ0n) is 8.96. The maximum atomic E-state index is 14.0. The quantitative estimate of drug-likeness (QED) is 0.761. The molecule has 0 spiro atoms. The first-order chi connectivity index (χ1) is 7.83. The van der Waals surface area contributed by atoms with E-state index >= 15 is 0 Å². The first-order valence-corrected chi connectivity index (χ1v) is 7.04. The molecule has 0 N–H and O–H groups in total. The second-order valence-corrected chi connectivity index (χ2v) is 5.19. The summed E-state index contributed by atoms with van der Waals surface area (Å²) in [5.41, 5.74) is 0.531. The SMILES string of the molecule is Fc1c(CCl)ccnc1N1CCCSCC1. The van der Waals surface area contributed by atoms with Gasteiger partial charge in [0, 0.05) is 30.6 Å². The zero-order chi connectivity index (χ0) is 11.4. The third kappa shape index (κ3) is 2.61. The first kappa shape index (κ1) is 12.0. The number of rotatable bonds is 2. The molecule has 1 aromatic rings. The maximum Gasteiger partial charge on any atom is 0.170 e. The Morgan fingerprint density at radius 3 is 3.12 bits per heavy atom. The van der Waals surface area contributed by atoms with Gasteiger partial charge in [0.2, 0.25) is 0 Å². The average molecular weight is 261 g/mol. The summed E-state index contributed by atoms with van der Waals surface area (Å²) in [6.07, 6.45) is 2.71. The summed E-state index contributed by atoms with van der Waals surface area (Å²) in [5, 5.41) is 0. The minimum atomic E-state index is -0.260. The van der Waals surface area contributed by atoms with Crippen molar-refractivity contribution in [3.63, 3.8) is 0 Å². The van der Waals surface area contributed by atoms with E-state index in [4.69, 9.17) is 11.6 Å². The van der Waals surface area contributed by atoms with Crippen LogP contribution < -0.4 is 4.90 Å². The van der Waals surface area contributed by atoms with E-state index in [9.17, 15) is 4.39 Å². The van der Waals surface area contributed by atoms with Crippen LogP contribution in [0, 0.1) is 5.82 Å². The molecular weight excluding hydrogens is 247 g/mol. The van der Waals surface area contributed by atoms with Crippen LogP contribution in [0.25, 0.3) is 0 Å². The number of alkyl halides is 1. The molecule has 0 saturated carbocycles. The molecule has 0 bridgehead atoms. The molecule has 0 radical (unpaired) electrons. The van der Waals surface area contributed by atoms with Gasteiger partial charge in [-0.15, -0.1) is 11.6 Å². The molecule has 2 nitrogen and oxygen atoms in total. The lowest BCUT2D eigenvalue weighted by Crippen LogP contribution is -2.27. The molecule has 1 aliphatic heterocycles. The normalized spacial score (nSPS) is 17.2. The first-order valence-electron chi connectivity index (χ1n) is 5.35. The third-order valence-corrected chi connectivity index (χ3v) is 3.95. The monoisotopic (exact) mass is 260 g/mol. The van der Waals surface area contributed by atoms with Crippen LogP contribution in [0.1, 0.15) is 12.0 Å². The molecule has 0 unspecified atom stereocenters. The van der Waals surface area contributed by atoms with Gasteiger partial charge >= 0.3 is 0 Å². The summed E-state index contributed by atoms with van der Waals surface area (Å²) in [6, 6.07) is 1.64. The Morgan fingerprint density at radius 2 is 2.31 bits per heavy atom. The van der Waals surface area contributed by atoms with E-state index in [1.807, 2.05) is 16.7 Å². The molecule has 2 heterocycles. The molecule has 1 aliphatic rings. The third-order valence-electron chi connectivity index (χ3n) is 2.62. The van der Waals surface area contributed by atoms with E-state index in [1.165, 1.54) is 0 Å². The van der Waals surface area contributed by atoms with Crippen molar-refractivity contribution in [2.75, 3.05) is 29.5 Å². The minimum Gasteiger partial charge on any atom is -0.353 e. The van der Waals surface area contributed by atoms with Crippen LogP contribution in [0.5, 0.6) is 0 Å². The lowest BCUT2D eigenvalue weighted by molar-refractivity contribution is 0.600. The van der Waals surface area contributed by atoms with E-state index in [0.717, 1.165) is 31.0 Å². The van der Waals surface area contributed by atoms with E-state index in [2.05, 4.69) is 4.98 Å². The average Bonchev–Trinajstić information content (AvgIpc) is 2.58. The maximum absolute atomic E-state index is 14.0. The van der Waals surface area contributed by atoms with Crippen molar-refractivity contribution in [3.8, 4) is 0 Å². The number of thioether (sulfide) groups is 1. The number of nitrogens with zero attached hydrogens (tertiary/aromatic N) is 2. The molecule has 16 heavy (non-hydrogen) atoms. The fourth-order valence-electron chi connectivity index (χ4n) is 1.75. The predicted molar refractivity (Wildman–Crippen MR) is 67.9 cm³/mol. The van der Waals surface area contributed by atoms with Crippen LogP contribution in [0.2, 0.25) is 0 Å². The number of halogens is 2. The Balaban J connectivity index is 2.24. The Hall–Kier alpha value is -0.480. The van der Waals surface area contributed by atoms with Gasteiger partial charge in [0.05, 0.1) is 5.88 Å². The van der Waals surface area contributed by atoms with Crippen molar-refractivity contribution in [2.24, 2.45) is 0 Å². The smallest absolute Gasteiger partial charge is 0.170 e. The summed E-state index contributed by atoms with van der Waals surface area (Å²) in [4.78, 5) is 6.15. The van der Waals surface area contributed by atoms with Crippen molar-refractivity contribution >= 4 is 29.2 Å². The van der Waals surface area contributed by atoms with E-state index in [-0.39, 0.29) is 11.7 Å². The Morgan fingerprint density at radius 1 is 1.44 bits per heavy atom. The molecule has 0 amide bonds. The number of hydrogen-bond acceptors (Lipinski definition) is 3. The van der Waals surface area contributed by atoms with Gasteiger partial charge in [-0.25, -0.2) is 9.37 Å². The van der Waals surface area contributed by atoms with Crippen LogP contribution in [0.15, 0.2) is 12.3 Å². The number of aromatic nitrogens is 1. The van der Waals surface area contributed by atoms with Gasteiger partial charge in [-0.05, 0) is 18.2 Å². The van der Waals surface area contributed by atoms with Gasteiger partial charge in [-0.1, -0.05) is 0 Å². The minimum absolute atomic E-state index is 0.198. The fraction of sp³-hybridized carbons (Fsp3) is 0.545. The standard InChI is InChI=1S/C11H14ClFN2S/c12-8-9-2-3-14-11(10(9)13)15-4-1-6-16-7-5-15/h2-3H,1,4-8H2. The number of hydrogen-bond donors (Lipinski definition) is 0. The summed E-state index contributed by atoms with van der Waals surface area (Å²) in [6.45, 7) is 1.74. The molecule has 1 saturated heterocycles. The second-order valence-electron chi connectivity index (χ2n) is 3.69. The van der Waals surface area contributed by atoms with Gasteiger partial charge in [-0.2, -0.15) is 11.8 Å². The molecule has 0 atom stereocenters. The van der Waals surface area contributed by atoms with Gasteiger partial charge < -0.3 is 4.90 Å². The fourth-order valence-corrected chi connectivity index (χ4v) is 2.85. The van der Waals surface area contributed by atoms with E-state index < -0.39 is 0 Å². The molecule has 88 valence electrons.